The zero-order valence-electron chi connectivity index (χ0n) is 5.72. The zero-order valence-corrected chi connectivity index (χ0v) is 5.72. The number of hydrogen-bond acceptors (Lipinski definition) is 3. The van der Waals surface area contributed by atoms with Crippen LogP contribution in [0, 0.1) is 0 Å². The molecule has 0 heterocycles. The van der Waals surface area contributed by atoms with Gasteiger partial charge in [0.05, 0.1) is 11.9 Å². The Kier molecular flexibility index (Phi) is 3.88. The number of nitrogens with two attached hydrogens (primary N) is 1. The van der Waals surface area contributed by atoms with Gasteiger partial charge in [0.2, 0.25) is 0 Å². The van der Waals surface area contributed by atoms with Crippen LogP contribution in [0.15, 0.2) is 12.4 Å². The quantitative estimate of drug-likeness (QED) is 0.493. The van der Waals surface area contributed by atoms with Gasteiger partial charge < -0.3 is 16.2 Å². The van der Waals surface area contributed by atoms with Crippen molar-refractivity contribution in [3.63, 3.8) is 0 Å². The van der Waals surface area contributed by atoms with Gasteiger partial charge in [-0.25, -0.2) is 0 Å². The minimum atomic E-state index is -0.315. The van der Waals surface area contributed by atoms with E-state index in [1.165, 1.54) is 0 Å². The van der Waals surface area contributed by atoms with Gasteiger partial charge in [0, 0.05) is 6.54 Å². The van der Waals surface area contributed by atoms with Crippen LogP contribution in [0.3, 0.4) is 0 Å². The van der Waals surface area contributed by atoms with E-state index in [1.807, 2.05) is 6.92 Å². The molecule has 0 amide bonds. The van der Waals surface area contributed by atoms with Crippen molar-refractivity contribution in [2.75, 3.05) is 6.54 Å². The molecule has 3 nitrogen and oxygen atoms in total. The van der Waals surface area contributed by atoms with Crippen molar-refractivity contribution in [2.45, 2.75) is 19.4 Å². The van der Waals surface area contributed by atoms with Crippen LogP contribution < -0.4 is 11.1 Å². The molecule has 0 aliphatic heterocycles. The highest BCUT2D eigenvalue weighted by Crippen LogP contribution is 1.86. The van der Waals surface area contributed by atoms with Crippen molar-refractivity contribution in [2.24, 2.45) is 5.73 Å². The van der Waals surface area contributed by atoms with Gasteiger partial charge in [-0.1, -0.05) is 13.5 Å². The molecule has 0 aliphatic carbocycles. The van der Waals surface area contributed by atoms with E-state index in [9.17, 15) is 0 Å². The van der Waals surface area contributed by atoms with Crippen molar-refractivity contribution in [3.8, 4) is 0 Å². The summed E-state index contributed by atoms with van der Waals surface area (Å²) in [4.78, 5) is 0. The lowest BCUT2D eigenvalue weighted by Gasteiger charge is -2.08. The molecule has 0 aliphatic rings. The summed E-state index contributed by atoms with van der Waals surface area (Å²) in [6.45, 7) is 5.82. The van der Waals surface area contributed by atoms with Crippen molar-refractivity contribution in [3.05, 3.63) is 12.4 Å². The third-order valence-corrected chi connectivity index (χ3v) is 1.04. The Bertz CT molecular complexity index is 93.1. The molecule has 0 aromatic carbocycles. The molecular formula is C6H14N2O. The van der Waals surface area contributed by atoms with Crippen LogP contribution in [0.5, 0.6) is 0 Å². The van der Waals surface area contributed by atoms with Crippen molar-refractivity contribution >= 4 is 0 Å². The normalized spacial score (nSPS) is 12.7. The van der Waals surface area contributed by atoms with E-state index in [0.717, 1.165) is 6.42 Å². The molecule has 0 fully saturated rings. The van der Waals surface area contributed by atoms with Crippen LogP contribution in [-0.4, -0.2) is 17.8 Å². The van der Waals surface area contributed by atoms with Gasteiger partial charge in [0.25, 0.3) is 0 Å². The van der Waals surface area contributed by atoms with E-state index >= 15 is 0 Å². The summed E-state index contributed by atoms with van der Waals surface area (Å²) in [6, 6.07) is 0. The first-order chi connectivity index (χ1) is 4.16. The highest BCUT2D eigenvalue weighted by atomic mass is 16.3. The van der Waals surface area contributed by atoms with Crippen LogP contribution in [0.2, 0.25) is 0 Å². The Morgan fingerprint density at radius 2 is 2.44 bits per heavy atom. The maximum Gasteiger partial charge on any atom is 0.0886 e. The highest BCUT2D eigenvalue weighted by molar-refractivity contribution is 4.82. The van der Waals surface area contributed by atoms with Crippen molar-refractivity contribution in [1.82, 2.24) is 5.32 Å². The molecule has 0 spiro atoms. The number of aliphatic hydroxyl groups excluding tert-OH is 1. The highest BCUT2D eigenvalue weighted by Gasteiger charge is 1.97. The standard InChI is InChI=1S/C6H14N2O/c1-3-6(9)4-8-5(2)7/h6,8-9H,2-4,7H2,1H3. The molecule has 3 heteroatoms. The van der Waals surface area contributed by atoms with Gasteiger partial charge in [0.1, 0.15) is 0 Å². The first-order valence-electron chi connectivity index (χ1n) is 3.03. The van der Waals surface area contributed by atoms with E-state index in [0.29, 0.717) is 12.4 Å². The summed E-state index contributed by atoms with van der Waals surface area (Å²) in [7, 11) is 0. The summed E-state index contributed by atoms with van der Waals surface area (Å²) < 4.78 is 0. The summed E-state index contributed by atoms with van der Waals surface area (Å²) >= 11 is 0. The van der Waals surface area contributed by atoms with Gasteiger partial charge in [0.15, 0.2) is 0 Å². The fourth-order valence-electron chi connectivity index (χ4n) is 0.393. The van der Waals surface area contributed by atoms with Crippen molar-refractivity contribution < 1.29 is 5.11 Å². The van der Waals surface area contributed by atoms with Crippen LogP contribution in [0.4, 0.5) is 0 Å². The summed E-state index contributed by atoms with van der Waals surface area (Å²) in [5.74, 6) is 0.405. The van der Waals surface area contributed by atoms with Crippen LogP contribution >= 0.6 is 0 Å². The van der Waals surface area contributed by atoms with E-state index < -0.39 is 0 Å². The lowest BCUT2D eigenvalue weighted by atomic mass is 10.3. The van der Waals surface area contributed by atoms with Crippen LogP contribution in [0.25, 0.3) is 0 Å². The fraction of sp³-hybridized carbons (Fsp3) is 0.667. The van der Waals surface area contributed by atoms with Gasteiger partial charge in [-0.15, -0.1) is 0 Å². The predicted octanol–water partition coefficient (Wildman–Crippen LogP) is -0.223. The zero-order chi connectivity index (χ0) is 7.28. The van der Waals surface area contributed by atoms with Crippen LogP contribution in [-0.2, 0) is 0 Å². The number of nitrogens with one attached hydrogen (secondary N) is 1. The molecule has 0 saturated heterocycles. The molecule has 0 aromatic rings. The second-order valence-electron chi connectivity index (χ2n) is 1.97. The maximum absolute atomic E-state index is 8.95. The van der Waals surface area contributed by atoms with Gasteiger partial charge in [-0.2, -0.15) is 0 Å². The molecule has 0 radical (unpaired) electrons. The first-order valence-corrected chi connectivity index (χ1v) is 3.03. The largest absolute Gasteiger partial charge is 0.391 e. The maximum atomic E-state index is 8.95. The summed E-state index contributed by atoms with van der Waals surface area (Å²) in [6.07, 6.45) is 0.422. The average molecular weight is 130 g/mol. The topological polar surface area (TPSA) is 58.3 Å². The molecule has 0 rings (SSSR count). The summed E-state index contributed by atoms with van der Waals surface area (Å²) in [5.41, 5.74) is 5.18. The number of rotatable bonds is 4. The SMILES string of the molecule is C=C(N)NCC(O)CC. The molecule has 4 N–H and O–H groups in total. The fourth-order valence-corrected chi connectivity index (χ4v) is 0.393. The molecule has 0 saturated carbocycles. The lowest BCUT2D eigenvalue weighted by molar-refractivity contribution is 0.170. The van der Waals surface area contributed by atoms with Gasteiger partial charge >= 0.3 is 0 Å². The smallest absolute Gasteiger partial charge is 0.0886 e. The van der Waals surface area contributed by atoms with Crippen molar-refractivity contribution in [1.29, 1.82) is 0 Å². The molecule has 1 unspecified atom stereocenters. The third kappa shape index (κ3) is 5.17. The van der Waals surface area contributed by atoms with E-state index in [4.69, 9.17) is 10.8 Å². The number of hydrogen-bond donors (Lipinski definition) is 3. The van der Waals surface area contributed by atoms with Crippen LogP contribution in [0.1, 0.15) is 13.3 Å². The Hall–Kier alpha value is -0.700. The first kappa shape index (κ1) is 8.30. The Morgan fingerprint density at radius 3 is 2.78 bits per heavy atom. The summed E-state index contributed by atoms with van der Waals surface area (Å²) in [5, 5.41) is 11.7. The molecule has 1 atom stereocenters. The van der Waals surface area contributed by atoms with E-state index in [1.54, 1.807) is 0 Å². The third-order valence-electron chi connectivity index (χ3n) is 1.04. The molecule has 54 valence electrons. The second kappa shape index (κ2) is 4.21. The Labute approximate surface area is 55.6 Å². The monoisotopic (exact) mass is 130 g/mol. The lowest BCUT2D eigenvalue weighted by Crippen LogP contribution is -2.28. The van der Waals surface area contributed by atoms with E-state index in [-0.39, 0.29) is 6.10 Å². The minimum Gasteiger partial charge on any atom is -0.391 e. The molecule has 0 aromatic heterocycles. The second-order valence-corrected chi connectivity index (χ2v) is 1.97. The number of aliphatic hydroxyl groups is 1. The Balaban J connectivity index is 3.16. The molecular weight excluding hydrogens is 116 g/mol. The molecule has 0 bridgehead atoms. The van der Waals surface area contributed by atoms with Gasteiger partial charge in [-0.05, 0) is 6.42 Å². The average Bonchev–Trinajstić information content (AvgIpc) is 1.83. The predicted molar refractivity (Wildman–Crippen MR) is 37.6 cm³/mol. The minimum absolute atomic E-state index is 0.315. The van der Waals surface area contributed by atoms with E-state index in [2.05, 4.69) is 11.9 Å². The Morgan fingerprint density at radius 1 is 1.89 bits per heavy atom. The van der Waals surface area contributed by atoms with Gasteiger partial charge in [-0.3, -0.25) is 0 Å². The molecule has 9 heavy (non-hydrogen) atoms.